The second-order valence-corrected chi connectivity index (χ2v) is 15.0. The van der Waals surface area contributed by atoms with Crippen LogP contribution in [0.3, 0.4) is 0 Å². The Balaban J connectivity index is 1.59. The van der Waals surface area contributed by atoms with E-state index >= 15 is 0 Å². The van der Waals surface area contributed by atoms with Crippen LogP contribution < -0.4 is 31.3 Å². The van der Waals surface area contributed by atoms with Crippen molar-refractivity contribution in [1.29, 1.82) is 0 Å². The van der Waals surface area contributed by atoms with E-state index in [-0.39, 0.29) is 37.9 Å². The molecule has 0 unspecified atom stereocenters. The number of nitrogens with one attached hydrogen (secondary N) is 5. The molecule has 0 aliphatic carbocycles. The van der Waals surface area contributed by atoms with Crippen LogP contribution in [0.1, 0.15) is 51.3 Å². The molecule has 4 rings (SSSR count). The number of aliphatic hydroxyl groups is 1. The first-order chi connectivity index (χ1) is 26.3. The van der Waals surface area contributed by atoms with E-state index in [1.807, 2.05) is 132 Å². The third-order valence-electron chi connectivity index (χ3n) is 9.13. The van der Waals surface area contributed by atoms with Gasteiger partial charge in [-0.1, -0.05) is 144 Å². The maximum atomic E-state index is 14.3. The van der Waals surface area contributed by atoms with Crippen molar-refractivity contribution in [1.82, 2.24) is 26.6 Å². The Kier molecular flexibility index (Phi) is 16.0. The number of benzene rings is 4. The van der Waals surface area contributed by atoms with Gasteiger partial charge in [0.05, 0.1) is 12.1 Å². The number of rotatable bonds is 19. The first-order valence-electron chi connectivity index (χ1n) is 18.7. The molecular weight excluding hydrogens is 695 g/mol. The van der Waals surface area contributed by atoms with Crippen molar-refractivity contribution < 1.29 is 29.0 Å². The predicted molar refractivity (Wildman–Crippen MR) is 214 cm³/mol. The molecule has 0 spiro atoms. The van der Waals surface area contributed by atoms with E-state index in [0.717, 1.165) is 16.7 Å². The van der Waals surface area contributed by atoms with Gasteiger partial charge in [0, 0.05) is 13.1 Å². The lowest BCUT2D eigenvalue weighted by Crippen LogP contribution is -2.64. The fourth-order valence-corrected chi connectivity index (χ4v) is 6.03. The highest BCUT2D eigenvalue weighted by atomic mass is 16.5. The zero-order chi connectivity index (χ0) is 39.8. The fourth-order valence-electron chi connectivity index (χ4n) is 6.03. The van der Waals surface area contributed by atoms with Crippen LogP contribution >= 0.6 is 0 Å². The lowest BCUT2D eigenvalue weighted by Gasteiger charge is -2.35. The number of carbonyl (C=O) groups excluding carboxylic acids is 4. The minimum Gasteiger partial charge on any atom is -0.484 e. The van der Waals surface area contributed by atoms with E-state index in [0.29, 0.717) is 5.75 Å². The zero-order valence-electron chi connectivity index (χ0n) is 32.3. The van der Waals surface area contributed by atoms with Crippen molar-refractivity contribution in [2.75, 3.05) is 6.61 Å². The van der Waals surface area contributed by atoms with Crippen molar-refractivity contribution >= 4 is 23.6 Å². The average molecular weight is 750 g/mol. The third-order valence-corrected chi connectivity index (χ3v) is 9.13. The lowest BCUT2D eigenvalue weighted by molar-refractivity contribution is -0.135. The zero-order valence-corrected chi connectivity index (χ0v) is 32.3. The van der Waals surface area contributed by atoms with Crippen LogP contribution in [-0.2, 0) is 38.7 Å². The second kappa shape index (κ2) is 20.8. The molecule has 0 saturated carbocycles. The Morgan fingerprint density at radius 3 is 1.65 bits per heavy atom. The highest BCUT2D eigenvalue weighted by molar-refractivity contribution is 5.91. The van der Waals surface area contributed by atoms with Gasteiger partial charge < -0.3 is 31.1 Å². The summed E-state index contributed by atoms with van der Waals surface area (Å²) in [5, 5.41) is 27.0. The molecular formula is C44H55N5O6. The van der Waals surface area contributed by atoms with Gasteiger partial charge in [-0.3, -0.25) is 24.5 Å². The van der Waals surface area contributed by atoms with Crippen molar-refractivity contribution in [2.45, 2.75) is 84.4 Å². The molecule has 0 aliphatic heterocycles. The van der Waals surface area contributed by atoms with Crippen LogP contribution in [0.25, 0.3) is 0 Å². The largest absolute Gasteiger partial charge is 0.484 e. The van der Waals surface area contributed by atoms with Gasteiger partial charge in [-0.2, -0.15) is 0 Å². The second-order valence-electron chi connectivity index (χ2n) is 15.0. The van der Waals surface area contributed by atoms with E-state index in [9.17, 15) is 24.3 Å². The van der Waals surface area contributed by atoms with Crippen LogP contribution in [0, 0.1) is 11.3 Å². The highest BCUT2D eigenvalue weighted by Gasteiger charge is 2.39. The summed E-state index contributed by atoms with van der Waals surface area (Å²) in [4.78, 5) is 55.0. The summed E-state index contributed by atoms with van der Waals surface area (Å²) in [6, 6.07) is 32.9. The Bertz CT molecular complexity index is 1790. The summed E-state index contributed by atoms with van der Waals surface area (Å²) in [7, 11) is 0. The molecule has 4 aromatic rings. The van der Waals surface area contributed by atoms with Gasteiger partial charge in [0.15, 0.2) is 6.61 Å². The average Bonchev–Trinajstić information content (AvgIpc) is 3.18. The normalized spacial score (nSPS) is 14.1. The van der Waals surface area contributed by atoms with Crippen molar-refractivity contribution in [3.8, 4) is 5.75 Å². The third kappa shape index (κ3) is 13.7. The minimum atomic E-state index is -1.48. The summed E-state index contributed by atoms with van der Waals surface area (Å²) in [6.07, 6.45) is -1.32. The summed E-state index contributed by atoms with van der Waals surface area (Å²) in [6.45, 7) is 9.34. The summed E-state index contributed by atoms with van der Waals surface area (Å²) >= 11 is 0. The van der Waals surface area contributed by atoms with Gasteiger partial charge in [0.25, 0.3) is 5.91 Å². The number of carbonyl (C=O) groups is 4. The maximum absolute atomic E-state index is 14.3. The van der Waals surface area contributed by atoms with E-state index in [1.54, 1.807) is 24.3 Å². The van der Waals surface area contributed by atoms with E-state index in [2.05, 4.69) is 26.6 Å². The monoisotopic (exact) mass is 749 g/mol. The van der Waals surface area contributed by atoms with E-state index in [1.165, 1.54) is 0 Å². The van der Waals surface area contributed by atoms with E-state index in [4.69, 9.17) is 4.74 Å². The quantitative estimate of drug-likeness (QED) is 0.0835. The Labute approximate surface area is 324 Å². The molecule has 5 atom stereocenters. The molecule has 11 nitrogen and oxygen atoms in total. The number of hydrogen-bond acceptors (Lipinski definition) is 7. The molecule has 4 amide bonds. The van der Waals surface area contributed by atoms with Crippen LogP contribution in [0.2, 0.25) is 0 Å². The first kappa shape index (κ1) is 42.2. The number of amides is 4. The van der Waals surface area contributed by atoms with Crippen LogP contribution in [0.5, 0.6) is 5.75 Å². The van der Waals surface area contributed by atoms with Gasteiger partial charge in [-0.25, -0.2) is 0 Å². The summed E-state index contributed by atoms with van der Waals surface area (Å²) < 4.78 is 5.62. The van der Waals surface area contributed by atoms with Crippen molar-refractivity contribution in [3.63, 3.8) is 0 Å². The molecule has 0 heterocycles. The van der Waals surface area contributed by atoms with Gasteiger partial charge in [-0.15, -0.1) is 0 Å². The Morgan fingerprint density at radius 2 is 1.13 bits per heavy atom. The smallest absolute Gasteiger partial charge is 0.258 e. The molecule has 4 aromatic carbocycles. The molecule has 0 saturated heterocycles. The summed E-state index contributed by atoms with van der Waals surface area (Å²) in [5.74, 6) is -1.77. The fraction of sp³-hybridized carbons (Fsp3) is 0.364. The Morgan fingerprint density at radius 1 is 0.618 bits per heavy atom. The lowest BCUT2D eigenvalue weighted by atomic mass is 9.85. The molecule has 292 valence electrons. The molecule has 11 heteroatoms. The molecule has 6 N–H and O–H groups in total. The van der Waals surface area contributed by atoms with Crippen LogP contribution in [0.15, 0.2) is 121 Å². The van der Waals surface area contributed by atoms with E-state index < -0.39 is 53.4 Å². The topological polar surface area (TPSA) is 158 Å². The number of hydrogen-bond donors (Lipinski definition) is 6. The van der Waals surface area contributed by atoms with Gasteiger partial charge in [0.1, 0.15) is 23.9 Å². The minimum absolute atomic E-state index is 0.164. The number of ether oxygens (including phenoxy) is 1. The predicted octanol–water partition coefficient (Wildman–Crippen LogP) is 4.30. The number of aliphatic hydroxyl groups excluding tert-OH is 1. The molecule has 0 aliphatic rings. The van der Waals surface area contributed by atoms with Gasteiger partial charge >= 0.3 is 0 Å². The molecule has 0 aromatic heterocycles. The van der Waals surface area contributed by atoms with Crippen molar-refractivity contribution in [3.05, 3.63) is 138 Å². The van der Waals surface area contributed by atoms with Gasteiger partial charge in [0.2, 0.25) is 17.7 Å². The van der Waals surface area contributed by atoms with Crippen LogP contribution in [-0.4, -0.2) is 65.6 Å². The summed E-state index contributed by atoms with van der Waals surface area (Å²) in [5.41, 5.74) is 1.84. The molecule has 0 fully saturated rings. The highest BCUT2D eigenvalue weighted by Crippen LogP contribution is 2.21. The Hall–Kier alpha value is -5.52. The van der Waals surface area contributed by atoms with Gasteiger partial charge in [-0.05, 0) is 46.6 Å². The number of para-hydroxylation sites is 1. The molecule has 0 bridgehead atoms. The standard InChI is InChI=1S/C44H55N5O6/c1-30(2)37(41(52)46-28-33-22-14-8-15-23-33)49-42(53)38(45-27-32-20-12-7-13-21-32)39(51)35(26-31-18-10-6-11-19-31)47-43(54)40(44(3,4)5)48-36(50)29-55-34-24-16-9-17-25-34/h6-25,30,35,37-40,45,51H,26-29H2,1-5H3,(H,46,52)(H,47,54)(H,48,50)(H,49,53)/t35-,37-,38+,39+,40+/m0/s1. The van der Waals surface area contributed by atoms with Crippen LogP contribution in [0.4, 0.5) is 0 Å². The molecule has 0 radical (unpaired) electrons. The SMILES string of the molecule is CC(C)[C@H](NC(=O)[C@H](NCc1ccccc1)[C@H](O)[C@H](Cc1ccccc1)NC(=O)[C@@H](NC(=O)COc1ccccc1)C(C)(C)C)C(=O)NCc1ccccc1. The maximum Gasteiger partial charge on any atom is 0.258 e. The first-order valence-corrected chi connectivity index (χ1v) is 18.7. The molecule has 55 heavy (non-hydrogen) atoms. The van der Waals surface area contributed by atoms with Crippen molar-refractivity contribution in [2.24, 2.45) is 11.3 Å².